The molecule has 0 aliphatic carbocycles. The lowest BCUT2D eigenvalue weighted by Gasteiger charge is -2.12. The van der Waals surface area contributed by atoms with Crippen LogP contribution < -0.4 is 0 Å². The third kappa shape index (κ3) is 3.60. The summed E-state index contributed by atoms with van der Waals surface area (Å²) in [6, 6.07) is 3.94. The quantitative estimate of drug-likeness (QED) is 0.852. The monoisotopic (exact) mass is 232 g/mol. The number of aliphatic hydroxyl groups is 1. The minimum Gasteiger partial charge on any atom is -0.387 e. The number of aryl methyl sites for hydroxylation is 1. The molecule has 0 aromatic heterocycles. The maximum Gasteiger partial charge on any atom is 0.150 e. The first-order chi connectivity index (χ1) is 6.79. The largest absolute Gasteiger partial charge is 0.387 e. The smallest absolute Gasteiger partial charge is 0.150 e. The van der Waals surface area contributed by atoms with Crippen molar-refractivity contribution in [3.63, 3.8) is 0 Å². The van der Waals surface area contributed by atoms with Gasteiger partial charge in [-0.2, -0.15) is 0 Å². The minimum atomic E-state index is -3.27. The van der Waals surface area contributed by atoms with E-state index in [2.05, 4.69) is 0 Å². The molecule has 0 saturated carbocycles. The molecule has 5 heteroatoms. The number of halogens is 1. The molecule has 0 saturated heterocycles. The summed E-state index contributed by atoms with van der Waals surface area (Å²) in [6.07, 6.45) is -0.138. The summed E-state index contributed by atoms with van der Waals surface area (Å²) in [6.45, 7) is 1.69. The molecule has 1 unspecified atom stereocenters. The Hall–Kier alpha value is -0.940. The van der Waals surface area contributed by atoms with Crippen LogP contribution in [0.25, 0.3) is 0 Å². The van der Waals surface area contributed by atoms with Crippen molar-refractivity contribution in [2.45, 2.75) is 13.0 Å². The predicted octanol–water partition coefficient (Wildman–Crippen LogP) is 1.21. The number of sulfone groups is 1. The van der Waals surface area contributed by atoms with Crippen molar-refractivity contribution in [2.75, 3.05) is 12.0 Å². The van der Waals surface area contributed by atoms with Gasteiger partial charge in [-0.3, -0.25) is 0 Å². The van der Waals surface area contributed by atoms with Crippen LogP contribution in [-0.2, 0) is 9.84 Å². The van der Waals surface area contributed by atoms with E-state index in [9.17, 15) is 17.9 Å². The van der Waals surface area contributed by atoms with Gasteiger partial charge in [0.1, 0.15) is 15.7 Å². The molecule has 1 atom stereocenters. The molecular formula is C10H13FO3S. The fraction of sp³-hybridized carbons (Fsp3) is 0.400. The first-order valence-corrected chi connectivity index (χ1v) is 6.47. The van der Waals surface area contributed by atoms with Crippen LogP contribution in [-0.4, -0.2) is 25.5 Å². The molecule has 0 heterocycles. The molecule has 0 bridgehead atoms. The van der Waals surface area contributed by atoms with E-state index >= 15 is 0 Å². The van der Waals surface area contributed by atoms with Crippen LogP contribution in [0.3, 0.4) is 0 Å². The fourth-order valence-electron chi connectivity index (χ4n) is 1.35. The Balaban J connectivity index is 3.00. The van der Waals surface area contributed by atoms with Gasteiger partial charge in [0, 0.05) is 6.26 Å². The van der Waals surface area contributed by atoms with Gasteiger partial charge in [-0.1, -0.05) is 6.07 Å². The van der Waals surface area contributed by atoms with E-state index in [1.54, 1.807) is 6.92 Å². The van der Waals surface area contributed by atoms with Crippen molar-refractivity contribution in [3.8, 4) is 0 Å². The van der Waals surface area contributed by atoms with E-state index in [4.69, 9.17) is 0 Å². The molecule has 0 spiro atoms. The molecule has 1 N–H and O–H groups in total. The third-order valence-corrected chi connectivity index (χ3v) is 2.98. The Morgan fingerprint density at radius 2 is 2.07 bits per heavy atom. The van der Waals surface area contributed by atoms with E-state index in [1.165, 1.54) is 12.1 Å². The third-order valence-electron chi connectivity index (χ3n) is 2.06. The van der Waals surface area contributed by atoms with Crippen molar-refractivity contribution in [3.05, 3.63) is 35.1 Å². The molecule has 0 amide bonds. The summed E-state index contributed by atoms with van der Waals surface area (Å²) in [5.74, 6) is -0.875. The minimum absolute atomic E-state index is 0.320. The van der Waals surface area contributed by atoms with E-state index in [0.29, 0.717) is 11.1 Å². The van der Waals surface area contributed by atoms with Gasteiger partial charge in [-0.15, -0.1) is 0 Å². The van der Waals surface area contributed by atoms with Gasteiger partial charge in [-0.05, 0) is 30.2 Å². The van der Waals surface area contributed by atoms with Crippen LogP contribution in [0.15, 0.2) is 18.2 Å². The van der Waals surface area contributed by atoms with Crippen LogP contribution >= 0.6 is 0 Å². The van der Waals surface area contributed by atoms with Crippen LogP contribution in [0.4, 0.5) is 4.39 Å². The summed E-state index contributed by atoms with van der Waals surface area (Å²) in [4.78, 5) is 0. The highest BCUT2D eigenvalue weighted by molar-refractivity contribution is 7.90. The molecule has 1 rings (SSSR count). The normalized spacial score (nSPS) is 13.9. The first kappa shape index (κ1) is 12.1. The zero-order chi connectivity index (χ0) is 11.6. The highest BCUT2D eigenvalue weighted by Gasteiger charge is 2.16. The lowest BCUT2D eigenvalue weighted by atomic mass is 10.0. The van der Waals surface area contributed by atoms with E-state index < -0.39 is 27.5 Å². The number of benzene rings is 1. The van der Waals surface area contributed by atoms with Crippen LogP contribution in [0.2, 0.25) is 0 Å². The first-order valence-electron chi connectivity index (χ1n) is 4.41. The SMILES string of the molecule is Cc1ccc(F)cc1C(O)CS(C)(=O)=O. The topological polar surface area (TPSA) is 54.4 Å². The van der Waals surface area contributed by atoms with Gasteiger partial charge in [0.2, 0.25) is 0 Å². The fourth-order valence-corrected chi connectivity index (χ4v) is 2.10. The van der Waals surface area contributed by atoms with E-state index in [1.807, 2.05) is 0 Å². The summed E-state index contributed by atoms with van der Waals surface area (Å²) in [5, 5.41) is 9.62. The number of rotatable bonds is 3. The average molecular weight is 232 g/mol. The molecule has 84 valence electrons. The van der Waals surface area contributed by atoms with Crippen molar-refractivity contribution in [1.82, 2.24) is 0 Å². The standard InChI is InChI=1S/C10H13FO3S/c1-7-3-4-8(11)5-9(7)10(12)6-15(2,13)14/h3-5,10,12H,6H2,1-2H3. The highest BCUT2D eigenvalue weighted by Crippen LogP contribution is 2.20. The van der Waals surface area contributed by atoms with E-state index in [-0.39, 0.29) is 0 Å². The van der Waals surface area contributed by atoms with Gasteiger partial charge >= 0.3 is 0 Å². The summed E-state index contributed by atoms with van der Waals surface area (Å²) in [5.41, 5.74) is 0.993. The molecule has 1 aromatic rings. The zero-order valence-electron chi connectivity index (χ0n) is 8.57. The molecule has 3 nitrogen and oxygen atoms in total. The Morgan fingerprint density at radius 1 is 1.47 bits per heavy atom. The lowest BCUT2D eigenvalue weighted by molar-refractivity contribution is 0.200. The maximum absolute atomic E-state index is 12.9. The number of hydrogen-bond donors (Lipinski definition) is 1. The molecule has 15 heavy (non-hydrogen) atoms. The second-order valence-electron chi connectivity index (χ2n) is 3.61. The Bertz CT molecular complexity index is 454. The Labute approximate surface area is 88.5 Å². The number of hydrogen-bond acceptors (Lipinski definition) is 3. The van der Waals surface area contributed by atoms with Crippen LogP contribution in [0.1, 0.15) is 17.2 Å². The van der Waals surface area contributed by atoms with Gasteiger partial charge in [0.05, 0.1) is 11.9 Å². The molecule has 0 aliphatic heterocycles. The zero-order valence-corrected chi connectivity index (χ0v) is 9.38. The predicted molar refractivity (Wildman–Crippen MR) is 55.8 cm³/mol. The number of aliphatic hydroxyl groups excluding tert-OH is 1. The van der Waals surface area contributed by atoms with Gasteiger partial charge in [0.15, 0.2) is 0 Å². The Kier molecular flexibility index (Phi) is 3.46. The van der Waals surface area contributed by atoms with Crippen LogP contribution in [0, 0.1) is 12.7 Å². The average Bonchev–Trinajstić information content (AvgIpc) is 2.06. The second kappa shape index (κ2) is 4.28. The lowest BCUT2D eigenvalue weighted by Crippen LogP contribution is -2.13. The molecule has 0 aliphatic rings. The summed E-state index contributed by atoms with van der Waals surface area (Å²) in [7, 11) is -3.27. The molecule has 0 radical (unpaired) electrons. The van der Waals surface area contributed by atoms with Crippen LogP contribution in [0.5, 0.6) is 0 Å². The van der Waals surface area contributed by atoms with Gasteiger partial charge < -0.3 is 5.11 Å². The van der Waals surface area contributed by atoms with Gasteiger partial charge in [-0.25, -0.2) is 12.8 Å². The molecule has 1 aromatic carbocycles. The van der Waals surface area contributed by atoms with Crippen molar-refractivity contribution in [1.29, 1.82) is 0 Å². The molecular weight excluding hydrogens is 219 g/mol. The summed E-state index contributed by atoms with van der Waals surface area (Å²) < 4.78 is 34.8. The van der Waals surface area contributed by atoms with Crippen molar-refractivity contribution >= 4 is 9.84 Å². The summed E-state index contributed by atoms with van der Waals surface area (Å²) >= 11 is 0. The van der Waals surface area contributed by atoms with E-state index in [0.717, 1.165) is 12.3 Å². The van der Waals surface area contributed by atoms with Crippen molar-refractivity contribution < 1.29 is 17.9 Å². The highest BCUT2D eigenvalue weighted by atomic mass is 32.2. The van der Waals surface area contributed by atoms with Crippen molar-refractivity contribution in [2.24, 2.45) is 0 Å². The Morgan fingerprint density at radius 3 is 2.60 bits per heavy atom. The van der Waals surface area contributed by atoms with Gasteiger partial charge in [0.25, 0.3) is 0 Å². The second-order valence-corrected chi connectivity index (χ2v) is 5.79. The maximum atomic E-state index is 12.9. The molecule has 0 fully saturated rings.